The average Bonchev–Trinajstić information content (AvgIpc) is 3.23. The molecule has 1 aliphatic rings. The molecule has 0 aliphatic carbocycles. The standard InChI is InChI=1S/C24H25N5/c1-2-6-21(7-3-1)26-14-17-8-10-18(11-9-17)23-28-22-13-20(16-27-24(22)29-23)19-5-4-12-25-15-19/h1-3,6-11,13,16,19,25-26H,4-5,12,14-15H2,(H,27,28,29). The Morgan fingerprint density at radius 3 is 2.69 bits per heavy atom. The van der Waals surface area contributed by atoms with Crippen LogP contribution in [0, 0.1) is 0 Å². The van der Waals surface area contributed by atoms with E-state index in [0.717, 1.165) is 47.9 Å². The fraction of sp³-hybridized carbons (Fsp3) is 0.250. The van der Waals surface area contributed by atoms with Crippen molar-refractivity contribution in [1.29, 1.82) is 0 Å². The number of aromatic nitrogens is 3. The molecule has 5 nitrogen and oxygen atoms in total. The van der Waals surface area contributed by atoms with Crippen LogP contribution in [0.4, 0.5) is 5.69 Å². The summed E-state index contributed by atoms with van der Waals surface area (Å²) in [5, 5.41) is 6.92. The summed E-state index contributed by atoms with van der Waals surface area (Å²) in [6, 6.07) is 21.0. The second-order valence-corrected chi connectivity index (χ2v) is 7.68. The number of imidazole rings is 1. The lowest BCUT2D eigenvalue weighted by atomic mass is 9.93. The van der Waals surface area contributed by atoms with Crippen LogP contribution in [0.3, 0.4) is 0 Å². The minimum Gasteiger partial charge on any atom is -0.381 e. The highest BCUT2D eigenvalue weighted by atomic mass is 15.0. The lowest BCUT2D eigenvalue weighted by Crippen LogP contribution is -2.28. The van der Waals surface area contributed by atoms with E-state index >= 15 is 0 Å². The van der Waals surface area contributed by atoms with E-state index < -0.39 is 0 Å². The van der Waals surface area contributed by atoms with Gasteiger partial charge in [-0.25, -0.2) is 9.97 Å². The number of nitrogens with zero attached hydrogens (tertiary/aromatic N) is 2. The Balaban J connectivity index is 1.32. The van der Waals surface area contributed by atoms with Gasteiger partial charge in [-0.1, -0.05) is 42.5 Å². The van der Waals surface area contributed by atoms with Crippen molar-refractivity contribution in [2.75, 3.05) is 18.4 Å². The van der Waals surface area contributed by atoms with E-state index in [1.807, 2.05) is 24.4 Å². The first-order chi connectivity index (χ1) is 14.3. The number of hydrogen-bond acceptors (Lipinski definition) is 4. The molecule has 0 radical (unpaired) electrons. The first-order valence-electron chi connectivity index (χ1n) is 10.3. The first kappa shape index (κ1) is 17.9. The molecule has 1 saturated heterocycles. The molecule has 29 heavy (non-hydrogen) atoms. The Kier molecular flexibility index (Phi) is 4.97. The van der Waals surface area contributed by atoms with Crippen LogP contribution >= 0.6 is 0 Å². The number of pyridine rings is 1. The highest BCUT2D eigenvalue weighted by Gasteiger charge is 2.17. The van der Waals surface area contributed by atoms with Gasteiger partial charge in [0.25, 0.3) is 0 Å². The zero-order valence-corrected chi connectivity index (χ0v) is 16.4. The Hall–Kier alpha value is -3.18. The van der Waals surface area contributed by atoms with Gasteiger partial charge in [-0.15, -0.1) is 0 Å². The molecular formula is C24H25N5. The minimum absolute atomic E-state index is 0.539. The normalized spacial score (nSPS) is 16.8. The van der Waals surface area contributed by atoms with Crippen LogP contribution in [0.2, 0.25) is 0 Å². The first-order valence-corrected chi connectivity index (χ1v) is 10.3. The maximum atomic E-state index is 4.81. The third kappa shape index (κ3) is 4.00. The number of hydrogen-bond donors (Lipinski definition) is 3. The van der Waals surface area contributed by atoms with Gasteiger partial charge >= 0.3 is 0 Å². The summed E-state index contributed by atoms with van der Waals surface area (Å²) in [4.78, 5) is 12.8. The smallest absolute Gasteiger partial charge is 0.157 e. The zero-order chi connectivity index (χ0) is 19.5. The van der Waals surface area contributed by atoms with E-state index in [-0.39, 0.29) is 0 Å². The van der Waals surface area contributed by atoms with Crippen molar-refractivity contribution >= 4 is 16.9 Å². The maximum absolute atomic E-state index is 4.81. The molecule has 5 heteroatoms. The van der Waals surface area contributed by atoms with Gasteiger partial charge in [0.1, 0.15) is 11.3 Å². The molecular weight excluding hydrogens is 358 g/mol. The Labute approximate surface area is 170 Å². The minimum atomic E-state index is 0.539. The topological polar surface area (TPSA) is 65.6 Å². The predicted molar refractivity (Wildman–Crippen MR) is 118 cm³/mol. The van der Waals surface area contributed by atoms with Gasteiger partial charge in [0.2, 0.25) is 0 Å². The number of nitrogens with one attached hydrogen (secondary N) is 3. The van der Waals surface area contributed by atoms with Crippen molar-refractivity contribution in [3.63, 3.8) is 0 Å². The molecule has 0 bridgehead atoms. The van der Waals surface area contributed by atoms with E-state index in [2.05, 4.69) is 63.1 Å². The molecule has 5 rings (SSSR count). The summed E-state index contributed by atoms with van der Waals surface area (Å²) in [5.74, 6) is 1.41. The predicted octanol–water partition coefficient (Wildman–Crippen LogP) is 4.70. The van der Waals surface area contributed by atoms with E-state index in [0.29, 0.717) is 5.92 Å². The van der Waals surface area contributed by atoms with E-state index in [1.165, 1.54) is 24.0 Å². The van der Waals surface area contributed by atoms with E-state index in [4.69, 9.17) is 4.98 Å². The maximum Gasteiger partial charge on any atom is 0.157 e. The number of anilines is 1. The van der Waals surface area contributed by atoms with Crippen LogP contribution in [0.1, 0.15) is 29.9 Å². The number of fused-ring (bicyclic) bond motifs is 1. The van der Waals surface area contributed by atoms with Gasteiger partial charge in [-0.2, -0.15) is 0 Å². The summed E-state index contributed by atoms with van der Waals surface area (Å²) in [6.07, 6.45) is 4.44. The summed E-state index contributed by atoms with van der Waals surface area (Å²) in [6.45, 7) is 2.95. The Morgan fingerprint density at radius 1 is 1.03 bits per heavy atom. The van der Waals surface area contributed by atoms with Gasteiger partial charge in [-0.05, 0) is 54.6 Å². The molecule has 4 aromatic rings. The average molecular weight is 383 g/mol. The van der Waals surface area contributed by atoms with Crippen molar-refractivity contribution in [3.8, 4) is 11.4 Å². The summed E-state index contributed by atoms with van der Waals surface area (Å²) in [7, 11) is 0. The molecule has 0 spiro atoms. The van der Waals surface area contributed by atoms with Crippen LogP contribution in [0.5, 0.6) is 0 Å². The molecule has 1 atom stereocenters. The molecule has 3 heterocycles. The number of aromatic amines is 1. The molecule has 1 aliphatic heterocycles. The number of H-pyrrole nitrogens is 1. The highest BCUT2D eigenvalue weighted by molar-refractivity contribution is 5.76. The molecule has 146 valence electrons. The second-order valence-electron chi connectivity index (χ2n) is 7.68. The van der Waals surface area contributed by atoms with Crippen molar-refractivity contribution < 1.29 is 0 Å². The monoisotopic (exact) mass is 383 g/mol. The van der Waals surface area contributed by atoms with Gasteiger partial charge < -0.3 is 15.6 Å². The number of rotatable bonds is 5. The fourth-order valence-electron chi connectivity index (χ4n) is 3.95. The van der Waals surface area contributed by atoms with E-state index in [1.54, 1.807) is 0 Å². The highest BCUT2D eigenvalue weighted by Crippen LogP contribution is 2.26. The third-order valence-corrected chi connectivity index (χ3v) is 5.62. The number of para-hydroxylation sites is 1. The van der Waals surface area contributed by atoms with Crippen LogP contribution in [-0.4, -0.2) is 28.0 Å². The molecule has 3 N–H and O–H groups in total. The van der Waals surface area contributed by atoms with Crippen molar-refractivity contribution in [2.45, 2.75) is 25.3 Å². The van der Waals surface area contributed by atoms with Gasteiger partial charge in [-0.3, -0.25) is 0 Å². The molecule has 1 unspecified atom stereocenters. The fourth-order valence-corrected chi connectivity index (χ4v) is 3.95. The third-order valence-electron chi connectivity index (χ3n) is 5.62. The van der Waals surface area contributed by atoms with Crippen molar-refractivity contribution in [1.82, 2.24) is 20.3 Å². The number of piperidine rings is 1. The van der Waals surface area contributed by atoms with Gasteiger partial charge in [0, 0.05) is 30.5 Å². The van der Waals surface area contributed by atoms with Crippen LogP contribution in [0.15, 0.2) is 66.9 Å². The second kappa shape index (κ2) is 8.05. The summed E-state index contributed by atoms with van der Waals surface area (Å²) >= 11 is 0. The molecule has 0 amide bonds. The van der Waals surface area contributed by atoms with Gasteiger partial charge in [0.15, 0.2) is 5.65 Å². The lowest BCUT2D eigenvalue weighted by Gasteiger charge is -2.22. The lowest BCUT2D eigenvalue weighted by molar-refractivity contribution is 0.461. The van der Waals surface area contributed by atoms with Gasteiger partial charge in [0.05, 0.1) is 0 Å². The molecule has 1 fully saturated rings. The van der Waals surface area contributed by atoms with Crippen molar-refractivity contribution in [3.05, 3.63) is 78.0 Å². The quantitative estimate of drug-likeness (QED) is 0.467. The van der Waals surface area contributed by atoms with Crippen molar-refractivity contribution in [2.24, 2.45) is 0 Å². The molecule has 0 saturated carbocycles. The van der Waals surface area contributed by atoms with Crippen LogP contribution < -0.4 is 10.6 Å². The summed E-state index contributed by atoms with van der Waals surface area (Å²) in [5.41, 5.74) is 6.51. The van der Waals surface area contributed by atoms with Crippen LogP contribution in [-0.2, 0) is 6.54 Å². The SMILES string of the molecule is c1ccc(NCc2ccc(-c3nc4cc(C5CCCNC5)cnc4[nH]3)cc2)cc1. The molecule has 2 aromatic carbocycles. The number of benzene rings is 2. The largest absolute Gasteiger partial charge is 0.381 e. The Morgan fingerprint density at radius 2 is 1.90 bits per heavy atom. The zero-order valence-electron chi connectivity index (χ0n) is 16.4. The Bertz CT molecular complexity index is 1080. The molecule has 2 aromatic heterocycles. The summed E-state index contributed by atoms with van der Waals surface area (Å²) < 4.78 is 0. The van der Waals surface area contributed by atoms with E-state index in [9.17, 15) is 0 Å². The van der Waals surface area contributed by atoms with Crippen LogP contribution in [0.25, 0.3) is 22.6 Å².